The van der Waals surface area contributed by atoms with E-state index in [-0.39, 0.29) is 31.6 Å². The number of rotatable bonds is 13. The van der Waals surface area contributed by atoms with Gasteiger partial charge in [0.2, 0.25) is 17.7 Å². The Kier molecular flexibility index (Phi) is 11.7. The van der Waals surface area contributed by atoms with Crippen molar-refractivity contribution in [2.75, 3.05) is 26.7 Å². The second kappa shape index (κ2) is 15.6. The Balaban J connectivity index is 1.45. The van der Waals surface area contributed by atoms with Gasteiger partial charge >= 0.3 is 0 Å². The first kappa shape index (κ1) is 34.3. The van der Waals surface area contributed by atoms with Crippen molar-refractivity contribution >= 4 is 34.4 Å². The van der Waals surface area contributed by atoms with Gasteiger partial charge in [0.05, 0.1) is 25.8 Å². The molecule has 3 atom stereocenters. The van der Waals surface area contributed by atoms with Crippen molar-refractivity contribution in [2.45, 2.75) is 58.8 Å². The first-order valence-electron chi connectivity index (χ1n) is 15.6. The zero-order valence-corrected chi connectivity index (χ0v) is 27.3. The summed E-state index contributed by atoms with van der Waals surface area (Å²) in [6, 6.07) is 21.7. The van der Waals surface area contributed by atoms with Crippen LogP contribution < -0.4 is 16.0 Å². The van der Waals surface area contributed by atoms with E-state index in [1.54, 1.807) is 31.3 Å². The largest absolute Gasteiger partial charge is 0.374 e. The van der Waals surface area contributed by atoms with Gasteiger partial charge in [-0.25, -0.2) is 0 Å². The molecule has 4 amide bonds. The van der Waals surface area contributed by atoms with E-state index in [0.29, 0.717) is 13.0 Å². The van der Waals surface area contributed by atoms with Crippen LogP contribution in [0.3, 0.4) is 0 Å². The Morgan fingerprint density at radius 3 is 2.28 bits per heavy atom. The molecule has 0 aromatic heterocycles. The third-order valence-corrected chi connectivity index (χ3v) is 8.10. The molecular weight excluding hydrogens is 582 g/mol. The molecule has 0 spiro atoms. The Bertz CT molecular complexity index is 1550. The molecule has 1 heterocycles. The fourth-order valence-corrected chi connectivity index (χ4v) is 5.17. The molecule has 0 radical (unpaired) electrons. The zero-order valence-electron chi connectivity index (χ0n) is 27.3. The molecule has 3 aromatic carbocycles. The number of hydrogen-bond donors (Lipinski definition) is 3. The predicted molar refractivity (Wildman–Crippen MR) is 178 cm³/mol. The fourth-order valence-electron chi connectivity index (χ4n) is 5.17. The summed E-state index contributed by atoms with van der Waals surface area (Å²) in [6.07, 6.45) is 3.81. The average Bonchev–Trinajstić information content (AvgIpc) is 3.05. The normalized spacial score (nSPS) is 16.3. The van der Waals surface area contributed by atoms with E-state index >= 15 is 0 Å². The smallest absolute Gasteiger partial charge is 0.252 e. The Morgan fingerprint density at radius 2 is 1.59 bits per heavy atom. The summed E-state index contributed by atoms with van der Waals surface area (Å²) in [5.41, 5.74) is 1.43. The number of carbonyl (C=O) groups excluding carboxylic acids is 4. The van der Waals surface area contributed by atoms with Crippen molar-refractivity contribution in [2.24, 2.45) is 5.41 Å². The van der Waals surface area contributed by atoms with Gasteiger partial charge in [-0.15, -0.1) is 0 Å². The van der Waals surface area contributed by atoms with Crippen LogP contribution >= 0.6 is 0 Å². The molecule has 0 fully saturated rings. The minimum absolute atomic E-state index is 0.0210. The van der Waals surface area contributed by atoms with Crippen molar-refractivity contribution in [3.63, 3.8) is 0 Å². The van der Waals surface area contributed by atoms with E-state index < -0.39 is 35.4 Å². The molecule has 1 aliphatic rings. The number of hydrogen-bond acceptors (Lipinski definition) is 6. The predicted octanol–water partition coefficient (Wildman–Crippen LogP) is 3.36. The zero-order chi connectivity index (χ0) is 33.3. The molecule has 0 aliphatic carbocycles. The van der Waals surface area contributed by atoms with Crippen LogP contribution in [0.2, 0.25) is 0 Å². The molecule has 0 saturated heterocycles. The Hall–Kier alpha value is -4.54. The molecule has 244 valence electrons. The summed E-state index contributed by atoms with van der Waals surface area (Å²) in [5, 5.41) is 10.6. The van der Waals surface area contributed by atoms with Crippen molar-refractivity contribution < 1.29 is 23.9 Å². The highest BCUT2D eigenvalue weighted by atomic mass is 16.5. The fraction of sp³-hybridized carbons (Fsp3) is 0.389. The topological polar surface area (TPSA) is 120 Å². The maximum Gasteiger partial charge on any atom is 0.252 e. The number of benzene rings is 3. The summed E-state index contributed by atoms with van der Waals surface area (Å²) in [7, 11) is 1.66. The number of amides is 4. The van der Waals surface area contributed by atoms with E-state index in [0.717, 1.165) is 21.9 Å². The van der Waals surface area contributed by atoms with Crippen LogP contribution in [0.5, 0.6) is 0 Å². The van der Waals surface area contributed by atoms with E-state index in [1.807, 2.05) is 63.2 Å². The molecule has 3 N–H and O–H groups in total. The molecule has 10 nitrogen and oxygen atoms in total. The van der Waals surface area contributed by atoms with E-state index in [1.165, 1.54) is 4.90 Å². The van der Waals surface area contributed by atoms with Crippen LogP contribution in [0.1, 0.15) is 38.8 Å². The maximum absolute atomic E-state index is 13.8. The van der Waals surface area contributed by atoms with Crippen LogP contribution in [-0.4, -0.2) is 78.3 Å². The van der Waals surface area contributed by atoms with E-state index in [2.05, 4.69) is 46.3 Å². The quantitative estimate of drug-likeness (QED) is 0.268. The highest BCUT2D eigenvalue weighted by Gasteiger charge is 2.37. The lowest BCUT2D eigenvalue weighted by molar-refractivity contribution is -0.146. The lowest BCUT2D eigenvalue weighted by atomic mass is 9.86. The molecule has 3 aromatic rings. The third kappa shape index (κ3) is 9.02. The standard InChI is InChI=1S/C36H45N5O5/c1-25(37-5)33(43)39-32(36(2,3)4)34(44)38-22-31(42)41-20-19-40(18-17-26-15-16-28-13-9-10-14-29(28)21-26)35(45)30(41)24-46-23-27-11-7-6-8-12-27/h6-16,19-21,25,30,32,37H,17-18,22-24H2,1-5H3,(H,38,44)(H,39,43)/t25-,30-,32+/m0/s1. The summed E-state index contributed by atoms with van der Waals surface area (Å²) < 4.78 is 5.94. The molecule has 46 heavy (non-hydrogen) atoms. The minimum atomic E-state index is -0.913. The molecular formula is C36H45N5O5. The van der Waals surface area contributed by atoms with Crippen LogP contribution in [0.15, 0.2) is 85.2 Å². The van der Waals surface area contributed by atoms with Crippen molar-refractivity contribution in [1.29, 1.82) is 0 Å². The highest BCUT2D eigenvalue weighted by molar-refractivity contribution is 5.94. The van der Waals surface area contributed by atoms with Crippen molar-refractivity contribution in [3.8, 4) is 0 Å². The lowest BCUT2D eigenvalue weighted by Crippen LogP contribution is -2.58. The van der Waals surface area contributed by atoms with Crippen LogP contribution in [0, 0.1) is 5.41 Å². The number of nitrogens with one attached hydrogen (secondary N) is 3. The summed E-state index contributed by atoms with van der Waals surface area (Å²) in [6.45, 7) is 7.54. The molecule has 0 bridgehead atoms. The molecule has 0 saturated carbocycles. The van der Waals surface area contributed by atoms with Gasteiger partial charge in [0.15, 0.2) is 0 Å². The van der Waals surface area contributed by atoms with Crippen molar-refractivity contribution in [3.05, 3.63) is 96.3 Å². The second-order valence-electron chi connectivity index (χ2n) is 12.6. The van der Waals surface area contributed by atoms with Crippen LogP contribution in [0.25, 0.3) is 10.8 Å². The summed E-state index contributed by atoms with van der Waals surface area (Å²) in [5.74, 6) is -1.55. The number of carbonyl (C=O) groups is 4. The van der Waals surface area contributed by atoms with Gasteiger partial charge < -0.3 is 30.5 Å². The monoisotopic (exact) mass is 627 g/mol. The summed E-state index contributed by atoms with van der Waals surface area (Å²) >= 11 is 0. The third-order valence-electron chi connectivity index (χ3n) is 8.10. The number of fused-ring (bicyclic) bond motifs is 1. The minimum Gasteiger partial charge on any atom is -0.374 e. The van der Waals surface area contributed by atoms with Gasteiger partial charge in [-0.05, 0) is 47.7 Å². The first-order valence-corrected chi connectivity index (χ1v) is 15.6. The Labute approximate surface area is 271 Å². The number of ether oxygens (including phenoxy) is 1. The van der Waals surface area contributed by atoms with Gasteiger partial charge in [0, 0.05) is 18.9 Å². The summed E-state index contributed by atoms with van der Waals surface area (Å²) in [4.78, 5) is 56.0. The molecule has 4 rings (SSSR count). The van der Waals surface area contributed by atoms with Gasteiger partial charge in [-0.1, -0.05) is 93.6 Å². The van der Waals surface area contributed by atoms with Crippen molar-refractivity contribution in [1.82, 2.24) is 25.8 Å². The lowest BCUT2D eigenvalue weighted by Gasteiger charge is -2.36. The maximum atomic E-state index is 13.8. The molecule has 0 unspecified atom stereocenters. The molecule has 10 heteroatoms. The Morgan fingerprint density at radius 1 is 0.891 bits per heavy atom. The number of nitrogens with zero attached hydrogens (tertiary/aromatic N) is 2. The van der Waals surface area contributed by atoms with E-state index in [4.69, 9.17) is 4.74 Å². The second-order valence-corrected chi connectivity index (χ2v) is 12.6. The van der Waals surface area contributed by atoms with Crippen LogP contribution in [-0.2, 0) is 36.9 Å². The number of likely N-dealkylation sites (N-methyl/N-ethyl adjacent to an activating group) is 1. The molecule has 1 aliphatic heterocycles. The van der Waals surface area contributed by atoms with Gasteiger partial charge in [0.25, 0.3) is 5.91 Å². The van der Waals surface area contributed by atoms with Gasteiger partial charge in [0.1, 0.15) is 12.1 Å². The van der Waals surface area contributed by atoms with Gasteiger partial charge in [-0.3, -0.25) is 19.2 Å². The van der Waals surface area contributed by atoms with Gasteiger partial charge in [-0.2, -0.15) is 0 Å². The van der Waals surface area contributed by atoms with Crippen LogP contribution in [0.4, 0.5) is 0 Å². The first-order chi connectivity index (χ1) is 22.0. The van der Waals surface area contributed by atoms with E-state index in [9.17, 15) is 19.2 Å². The SMILES string of the molecule is CN[C@@H](C)C(=O)N[C@H](C(=O)NCC(=O)N1C=CN(CCc2ccc3ccccc3c2)C(=O)[C@@H]1COCc1ccccc1)C(C)(C)C. The average molecular weight is 628 g/mol. The highest BCUT2D eigenvalue weighted by Crippen LogP contribution is 2.21.